The van der Waals surface area contributed by atoms with Crippen LogP contribution < -0.4 is 5.32 Å². The number of amides is 1. The van der Waals surface area contributed by atoms with Gasteiger partial charge in [0.1, 0.15) is 0 Å². The highest BCUT2D eigenvalue weighted by Crippen LogP contribution is 2.40. The van der Waals surface area contributed by atoms with Crippen molar-refractivity contribution < 1.29 is 14.3 Å². The molecule has 5 nitrogen and oxygen atoms in total. The van der Waals surface area contributed by atoms with Crippen LogP contribution in [-0.4, -0.2) is 63.9 Å². The molecule has 0 aromatic carbocycles. The van der Waals surface area contributed by atoms with Crippen molar-refractivity contribution in [1.29, 1.82) is 0 Å². The maximum Gasteiger partial charge on any atom is 0.224 e. The van der Waals surface area contributed by atoms with E-state index in [0.717, 1.165) is 46.0 Å². The van der Waals surface area contributed by atoms with E-state index in [4.69, 9.17) is 9.47 Å². The second kappa shape index (κ2) is 7.38. The summed E-state index contributed by atoms with van der Waals surface area (Å²) < 4.78 is 10.6. The Kier molecular flexibility index (Phi) is 5.81. The van der Waals surface area contributed by atoms with E-state index >= 15 is 0 Å². The highest BCUT2D eigenvalue weighted by molar-refractivity contribution is 5.78. The van der Waals surface area contributed by atoms with E-state index in [1.165, 1.54) is 19.3 Å². The first kappa shape index (κ1) is 15.7. The molecule has 0 bridgehead atoms. The van der Waals surface area contributed by atoms with Gasteiger partial charge in [-0.2, -0.15) is 0 Å². The van der Waals surface area contributed by atoms with Gasteiger partial charge in [-0.1, -0.05) is 13.3 Å². The summed E-state index contributed by atoms with van der Waals surface area (Å²) in [6.07, 6.45) is 3.58. The first-order valence-electron chi connectivity index (χ1n) is 7.72. The number of hydrogen-bond acceptors (Lipinski definition) is 4. The summed E-state index contributed by atoms with van der Waals surface area (Å²) in [4.78, 5) is 14.5. The van der Waals surface area contributed by atoms with E-state index < -0.39 is 0 Å². The molecule has 0 radical (unpaired) electrons. The van der Waals surface area contributed by atoms with E-state index in [1.807, 2.05) is 6.92 Å². The van der Waals surface area contributed by atoms with E-state index in [-0.39, 0.29) is 17.2 Å². The third kappa shape index (κ3) is 4.17. The van der Waals surface area contributed by atoms with Crippen molar-refractivity contribution in [2.24, 2.45) is 11.3 Å². The Morgan fingerprint density at radius 2 is 2.10 bits per heavy atom. The van der Waals surface area contributed by atoms with Gasteiger partial charge in [-0.3, -0.25) is 9.69 Å². The summed E-state index contributed by atoms with van der Waals surface area (Å²) in [6, 6.07) is 0. The summed E-state index contributed by atoms with van der Waals surface area (Å²) in [7, 11) is 1.74. The molecular formula is C15H28N2O3. The van der Waals surface area contributed by atoms with E-state index in [0.29, 0.717) is 0 Å². The molecule has 1 amide bonds. The average molecular weight is 284 g/mol. The Balaban J connectivity index is 1.70. The van der Waals surface area contributed by atoms with Crippen molar-refractivity contribution in [3.05, 3.63) is 0 Å². The molecule has 1 saturated heterocycles. The smallest absolute Gasteiger partial charge is 0.224 e. The van der Waals surface area contributed by atoms with Gasteiger partial charge >= 0.3 is 0 Å². The van der Waals surface area contributed by atoms with Gasteiger partial charge in [-0.25, -0.2) is 0 Å². The zero-order valence-corrected chi connectivity index (χ0v) is 12.8. The van der Waals surface area contributed by atoms with Crippen LogP contribution in [0.4, 0.5) is 0 Å². The lowest BCUT2D eigenvalue weighted by Gasteiger charge is -2.41. The topological polar surface area (TPSA) is 50.8 Å². The first-order valence-corrected chi connectivity index (χ1v) is 7.72. The van der Waals surface area contributed by atoms with E-state index in [2.05, 4.69) is 10.2 Å². The number of hydrogen-bond donors (Lipinski definition) is 1. The predicted molar refractivity (Wildman–Crippen MR) is 77.6 cm³/mol. The van der Waals surface area contributed by atoms with Crippen molar-refractivity contribution in [3.8, 4) is 0 Å². The molecule has 1 aliphatic heterocycles. The number of carbonyl (C=O) groups is 1. The molecule has 2 aliphatic rings. The molecule has 1 N–H and O–H groups in total. The van der Waals surface area contributed by atoms with Crippen LogP contribution >= 0.6 is 0 Å². The zero-order chi connectivity index (χ0) is 14.4. The minimum atomic E-state index is 0.0350. The molecule has 116 valence electrons. The van der Waals surface area contributed by atoms with Crippen LogP contribution in [-0.2, 0) is 14.3 Å². The molecule has 1 saturated carbocycles. The fourth-order valence-corrected chi connectivity index (χ4v) is 3.06. The fraction of sp³-hybridized carbons (Fsp3) is 0.933. The third-order valence-electron chi connectivity index (χ3n) is 4.59. The van der Waals surface area contributed by atoms with Gasteiger partial charge in [0.05, 0.1) is 19.8 Å². The number of rotatable bonds is 7. The average Bonchev–Trinajstić information content (AvgIpc) is 2.42. The van der Waals surface area contributed by atoms with Crippen molar-refractivity contribution in [3.63, 3.8) is 0 Å². The Hall–Kier alpha value is -0.650. The van der Waals surface area contributed by atoms with Crippen molar-refractivity contribution in [2.75, 3.05) is 53.1 Å². The number of morpholine rings is 1. The van der Waals surface area contributed by atoms with Crippen LogP contribution in [0.15, 0.2) is 0 Å². The summed E-state index contributed by atoms with van der Waals surface area (Å²) >= 11 is 0. The van der Waals surface area contributed by atoms with Gasteiger partial charge < -0.3 is 14.8 Å². The third-order valence-corrected chi connectivity index (χ3v) is 4.59. The molecule has 0 spiro atoms. The van der Waals surface area contributed by atoms with Gasteiger partial charge in [-0.15, -0.1) is 0 Å². The minimum Gasteiger partial charge on any atom is -0.384 e. The van der Waals surface area contributed by atoms with Crippen molar-refractivity contribution in [2.45, 2.75) is 26.2 Å². The quantitative estimate of drug-likeness (QED) is 0.754. The first-order chi connectivity index (χ1) is 9.65. The lowest BCUT2D eigenvalue weighted by Crippen LogP contribution is -2.48. The number of nitrogens with one attached hydrogen (secondary N) is 1. The zero-order valence-electron chi connectivity index (χ0n) is 12.8. The largest absolute Gasteiger partial charge is 0.384 e. The summed E-state index contributed by atoms with van der Waals surface area (Å²) in [5.74, 6) is 0.201. The van der Waals surface area contributed by atoms with E-state index in [9.17, 15) is 4.79 Å². The van der Waals surface area contributed by atoms with Crippen LogP contribution in [0, 0.1) is 11.3 Å². The lowest BCUT2D eigenvalue weighted by atomic mass is 9.69. The van der Waals surface area contributed by atoms with Gasteiger partial charge in [0.25, 0.3) is 0 Å². The van der Waals surface area contributed by atoms with Crippen LogP contribution in [0.25, 0.3) is 0 Å². The molecule has 2 fully saturated rings. The van der Waals surface area contributed by atoms with Crippen LogP contribution in [0.1, 0.15) is 26.2 Å². The number of carbonyl (C=O) groups excluding carboxylic acids is 1. The normalized spacial score (nSPS) is 23.9. The maximum atomic E-state index is 12.2. The number of methoxy groups -OCH3 is 1. The standard InChI is InChI=1S/C15H28N2O3/c1-13(10-17-6-8-20-9-7-17)14(18)16-11-15(12-19-2)4-3-5-15/h13H,3-12H2,1-2H3,(H,16,18)/t13-/m0/s1. The Bertz CT molecular complexity index is 312. The predicted octanol–water partition coefficient (Wildman–Crippen LogP) is 0.888. The molecule has 1 heterocycles. The molecule has 0 unspecified atom stereocenters. The SMILES string of the molecule is COCC1(CNC(=O)[C@@H](C)CN2CCOCC2)CCC1. The summed E-state index contributed by atoms with van der Waals surface area (Å²) in [6.45, 7) is 7.78. The molecule has 1 atom stereocenters. The monoisotopic (exact) mass is 284 g/mol. The molecule has 1 aliphatic carbocycles. The van der Waals surface area contributed by atoms with Crippen molar-refractivity contribution >= 4 is 5.91 Å². The molecule has 5 heteroatoms. The summed E-state index contributed by atoms with van der Waals surface area (Å²) in [5.41, 5.74) is 0.198. The van der Waals surface area contributed by atoms with Gasteiger partial charge in [0.2, 0.25) is 5.91 Å². The summed E-state index contributed by atoms with van der Waals surface area (Å²) in [5, 5.41) is 3.12. The number of ether oxygens (including phenoxy) is 2. The van der Waals surface area contributed by atoms with Crippen LogP contribution in [0.3, 0.4) is 0 Å². The van der Waals surface area contributed by atoms with Crippen LogP contribution in [0.2, 0.25) is 0 Å². The van der Waals surface area contributed by atoms with E-state index in [1.54, 1.807) is 7.11 Å². The molecule has 20 heavy (non-hydrogen) atoms. The Morgan fingerprint density at radius 3 is 2.65 bits per heavy atom. The highest BCUT2D eigenvalue weighted by Gasteiger charge is 2.37. The van der Waals surface area contributed by atoms with Crippen LogP contribution in [0.5, 0.6) is 0 Å². The fourth-order valence-electron chi connectivity index (χ4n) is 3.06. The number of nitrogens with zero attached hydrogens (tertiary/aromatic N) is 1. The molecule has 0 aromatic rings. The molecule has 0 aromatic heterocycles. The molecular weight excluding hydrogens is 256 g/mol. The van der Waals surface area contributed by atoms with Gasteiger partial charge in [-0.05, 0) is 12.8 Å². The van der Waals surface area contributed by atoms with Gasteiger partial charge in [0.15, 0.2) is 0 Å². The second-order valence-corrected chi connectivity index (χ2v) is 6.32. The highest BCUT2D eigenvalue weighted by atomic mass is 16.5. The molecule has 2 rings (SSSR count). The van der Waals surface area contributed by atoms with Gasteiger partial charge in [0, 0.05) is 44.6 Å². The Morgan fingerprint density at radius 1 is 1.40 bits per heavy atom. The lowest BCUT2D eigenvalue weighted by molar-refractivity contribution is -0.126. The van der Waals surface area contributed by atoms with Crippen molar-refractivity contribution in [1.82, 2.24) is 10.2 Å². The Labute approximate surface area is 122 Å². The minimum absolute atomic E-state index is 0.0350. The maximum absolute atomic E-state index is 12.2. The second-order valence-electron chi connectivity index (χ2n) is 6.32.